The van der Waals surface area contributed by atoms with Crippen LogP contribution in [0, 0.1) is 6.92 Å². The number of hydrogen-bond donors (Lipinski definition) is 1. The second-order valence-corrected chi connectivity index (χ2v) is 13.2. The van der Waals surface area contributed by atoms with Gasteiger partial charge in [0.25, 0.3) is 10.0 Å². The van der Waals surface area contributed by atoms with Crippen LogP contribution in [0.3, 0.4) is 0 Å². The molecule has 2 amide bonds. The standard InChI is InChI=1S/C34H35Cl2N3O4S/c1-3-20-37-34(41)32(21-26-8-5-4-6-9-26)38(23-27-14-16-28(35)17-15-27)33(40)24-39(30-11-7-10-29(36)22-30)44(42,43)31-18-12-25(2)13-19-31/h4-19,22,32H,3,20-21,23-24H2,1-2H3,(H,37,41). The lowest BCUT2D eigenvalue weighted by Gasteiger charge is -2.34. The number of nitrogens with zero attached hydrogens (tertiary/aromatic N) is 2. The van der Waals surface area contributed by atoms with E-state index in [0.717, 1.165) is 21.0 Å². The van der Waals surface area contributed by atoms with Crippen LogP contribution in [0.15, 0.2) is 108 Å². The number of amides is 2. The van der Waals surface area contributed by atoms with Crippen molar-refractivity contribution in [1.29, 1.82) is 0 Å². The average Bonchev–Trinajstić information content (AvgIpc) is 3.01. The summed E-state index contributed by atoms with van der Waals surface area (Å²) in [5.74, 6) is -0.878. The van der Waals surface area contributed by atoms with Gasteiger partial charge in [-0.2, -0.15) is 0 Å². The number of halogens is 2. The second kappa shape index (κ2) is 15.2. The predicted octanol–water partition coefficient (Wildman–Crippen LogP) is 6.66. The summed E-state index contributed by atoms with van der Waals surface area (Å²) in [6.45, 7) is 3.74. The van der Waals surface area contributed by atoms with E-state index < -0.39 is 28.5 Å². The predicted molar refractivity (Wildman–Crippen MR) is 176 cm³/mol. The molecule has 0 saturated heterocycles. The first-order valence-corrected chi connectivity index (χ1v) is 16.5. The Morgan fingerprint density at radius 2 is 1.50 bits per heavy atom. The van der Waals surface area contributed by atoms with Crippen LogP contribution in [0.4, 0.5) is 5.69 Å². The van der Waals surface area contributed by atoms with E-state index in [2.05, 4.69) is 5.32 Å². The lowest BCUT2D eigenvalue weighted by atomic mass is 10.0. The van der Waals surface area contributed by atoms with Crippen LogP contribution in [-0.4, -0.2) is 44.3 Å². The first kappa shape index (κ1) is 33.1. The average molecular weight is 653 g/mol. The Kier molecular flexibility index (Phi) is 11.4. The molecule has 0 aromatic heterocycles. The Balaban J connectivity index is 1.79. The molecule has 10 heteroatoms. The van der Waals surface area contributed by atoms with Gasteiger partial charge in [0.2, 0.25) is 11.8 Å². The highest BCUT2D eigenvalue weighted by atomic mass is 35.5. The molecule has 4 rings (SSSR count). The summed E-state index contributed by atoms with van der Waals surface area (Å²) in [5.41, 5.74) is 2.72. The third-order valence-electron chi connectivity index (χ3n) is 7.07. The Bertz CT molecular complexity index is 1670. The van der Waals surface area contributed by atoms with E-state index in [4.69, 9.17) is 23.2 Å². The molecule has 0 radical (unpaired) electrons. The molecule has 44 heavy (non-hydrogen) atoms. The molecule has 0 aliphatic heterocycles. The number of anilines is 1. The van der Waals surface area contributed by atoms with Crippen molar-refractivity contribution in [2.24, 2.45) is 0 Å². The van der Waals surface area contributed by atoms with Gasteiger partial charge in [-0.05, 0) is 66.9 Å². The highest BCUT2D eigenvalue weighted by Crippen LogP contribution is 2.27. The number of carbonyl (C=O) groups excluding carboxylic acids is 2. The molecule has 0 heterocycles. The summed E-state index contributed by atoms with van der Waals surface area (Å²) in [4.78, 5) is 29.6. The molecule has 1 unspecified atom stereocenters. The molecule has 4 aromatic rings. The lowest BCUT2D eigenvalue weighted by molar-refractivity contribution is -0.140. The van der Waals surface area contributed by atoms with Crippen LogP contribution in [0.1, 0.15) is 30.0 Å². The fourth-order valence-electron chi connectivity index (χ4n) is 4.70. The second-order valence-electron chi connectivity index (χ2n) is 10.4. The number of nitrogens with one attached hydrogen (secondary N) is 1. The van der Waals surface area contributed by atoms with E-state index in [9.17, 15) is 18.0 Å². The Hall–Kier alpha value is -3.85. The largest absolute Gasteiger partial charge is 0.354 e. The number of hydrogen-bond acceptors (Lipinski definition) is 4. The van der Waals surface area contributed by atoms with Gasteiger partial charge in [0.05, 0.1) is 10.6 Å². The van der Waals surface area contributed by atoms with E-state index in [1.54, 1.807) is 54.6 Å². The van der Waals surface area contributed by atoms with Gasteiger partial charge in [0, 0.05) is 29.6 Å². The van der Waals surface area contributed by atoms with E-state index in [1.807, 2.05) is 44.2 Å². The van der Waals surface area contributed by atoms with Gasteiger partial charge in [0.1, 0.15) is 12.6 Å². The minimum Gasteiger partial charge on any atom is -0.354 e. The molecule has 0 aliphatic rings. The number of benzene rings is 4. The van der Waals surface area contributed by atoms with E-state index in [0.29, 0.717) is 23.0 Å². The first-order chi connectivity index (χ1) is 21.1. The molecular formula is C34H35Cl2N3O4S. The van der Waals surface area contributed by atoms with Gasteiger partial charge in [-0.1, -0.05) is 96.4 Å². The molecule has 230 valence electrons. The highest BCUT2D eigenvalue weighted by molar-refractivity contribution is 7.92. The van der Waals surface area contributed by atoms with Gasteiger partial charge in [-0.15, -0.1) is 0 Å². The first-order valence-electron chi connectivity index (χ1n) is 14.3. The number of aryl methyl sites for hydroxylation is 1. The van der Waals surface area contributed by atoms with E-state index in [-0.39, 0.29) is 29.5 Å². The van der Waals surface area contributed by atoms with Crippen molar-refractivity contribution < 1.29 is 18.0 Å². The molecule has 0 saturated carbocycles. The number of sulfonamides is 1. The van der Waals surface area contributed by atoms with Crippen molar-refractivity contribution in [3.8, 4) is 0 Å². The van der Waals surface area contributed by atoms with Crippen LogP contribution in [-0.2, 0) is 32.6 Å². The Morgan fingerprint density at radius 3 is 2.14 bits per heavy atom. The highest BCUT2D eigenvalue weighted by Gasteiger charge is 2.34. The van der Waals surface area contributed by atoms with Crippen molar-refractivity contribution in [3.63, 3.8) is 0 Å². The molecule has 0 bridgehead atoms. The number of carbonyl (C=O) groups is 2. The third-order valence-corrected chi connectivity index (χ3v) is 9.35. The summed E-state index contributed by atoms with van der Waals surface area (Å²) >= 11 is 12.4. The van der Waals surface area contributed by atoms with Crippen LogP contribution < -0.4 is 9.62 Å². The minimum atomic E-state index is -4.20. The lowest BCUT2D eigenvalue weighted by Crippen LogP contribution is -2.53. The normalized spacial score (nSPS) is 11.9. The molecule has 0 fully saturated rings. The fourth-order valence-corrected chi connectivity index (χ4v) is 6.42. The monoisotopic (exact) mass is 651 g/mol. The zero-order valence-electron chi connectivity index (χ0n) is 24.6. The van der Waals surface area contributed by atoms with Gasteiger partial charge in [-0.3, -0.25) is 13.9 Å². The molecule has 7 nitrogen and oxygen atoms in total. The summed E-state index contributed by atoms with van der Waals surface area (Å²) in [7, 11) is -4.20. The quantitative estimate of drug-likeness (QED) is 0.175. The molecule has 1 atom stereocenters. The Morgan fingerprint density at radius 1 is 0.818 bits per heavy atom. The van der Waals surface area contributed by atoms with Gasteiger partial charge < -0.3 is 10.2 Å². The van der Waals surface area contributed by atoms with Gasteiger partial charge in [-0.25, -0.2) is 8.42 Å². The van der Waals surface area contributed by atoms with Crippen molar-refractivity contribution in [2.75, 3.05) is 17.4 Å². The summed E-state index contributed by atoms with van der Waals surface area (Å²) in [6.07, 6.45) is 0.948. The Labute approximate surface area is 269 Å². The van der Waals surface area contributed by atoms with E-state index in [1.165, 1.54) is 23.1 Å². The zero-order valence-corrected chi connectivity index (χ0v) is 26.9. The minimum absolute atomic E-state index is 0.0293. The zero-order chi connectivity index (χ0) is 31.7. The van der Waals surface area contributed by atoms with Crippen molar-refractivity contribution >= 4 is 50.7 Å². The smallest absolute Gasteiger partial charge is 0.264 e. The van der Waals surface area contributed by atoms with Crippen LogP contribution >= 0.6 is 23.2 Å². The molecule has 1 N–H and O–H groups in total. The van der Waals surface area contributed by atoms with Crippen LogP contribution in [0.5, 0.6) is 0 Å². The van der Waals surface area contributed by atoms with Crippen molar-refractivity contribution in [3.05, 3.63) is 130 Å². The number of rotatable bonds is 13. The maximum Gasteiger partial charge on any atom is 0.264 e. The summed E-state index contributed by atoms with van der Waals surface area (Å²) < 4.78 is 29.2. The van der Waals surface area contributed by atoms with Gasteiger partial charge >= 0.3 is 0 Å². The van der Waals surface area contributed by atoms with Crippen molar-refractivity contribution in [2.45, 2.75) is 44.2 Å². The fraction of sp³-hybridized carbons (Fsp3) is 0.235. The van der Waals surface area contributed by atoms with Crippen molar-refractivity contribution in [1.82, 2.24) is 10.2 Å². The SMILES string of the molecule is CCCNC(=O)C(Cc1ccccc1)N(Cc1ccc(Cl)cc1)C(=O)CN(c1cccc(Cl)c1)S(=O)(=O)c1ccc(C)cc1. The van der Waals surface area contributed by atoms with Crippen LogP contribution in [0.2, 0.25) is 10.0 Å². The molecule has 0 spiro atoms. The topological polar surface area (TPSA) is 86.8 Å². The summed E-state index contributed by atoms with van der Waals surface area (Å²) in [5, 5.41) is 3.78. The maximum atomic E-state index is 14.4. The van der Waals surface area contributed by atoms with Crippen LogP contribution in [0.25, 0.3) is 0 Å². The maximum absolute atomic E-state index is 14.4. The molecule has 4 aromatic carbocycles. The van der Waals surface area contributed by atoms with E-state index >= 15 is 0 Å². The molecule has 0 aliphatic carbocycles. The molecular weight excluding hydrogens is 617 g/mol. The summed E-state index contributed by atoms with van der Waals surface area (Å²) in [6, 6.07) is 28.2. The third kappa shape index (κ3) is 8.62. The van der Waals surface area contributed by atoms with Gasteiger partial charge in [0.15, 0.2) is 0 Å².